The molecule has 0 saturated carbocycles. The molecule has 2 heterocycles. The van der Waals surface area contributed by atoms with Crippen LogP contribution in [0, 0.1) is 0 Å². The van der Waals surface area contributed by atoms with Crippen LogP contribution in [0.2, 0.25) is 0 Å². The largest absolute Gasteiger partial charge is 0.469 e. The summed E-state index contributed by atoms with van der Waals surface area (Å²) in [4.78, 5) is 0. The molecule has 4 nitrogen and oxygen atoms in total. The van der Waals surface area contributed by atoms with Crippen molar-refractivity contribution in [2.45, 2.75) is 25.0 Å². The Morgan fingerprint density at radius 2 is 2.16 bits per heavy atom. The van der Waals surface area contributed by atoms with E-state index in [0.29, 0.717) is 6.42 Å². The summed E-state index contributed by atoms with van der Waals surface area (Å²) < 4.78 is 11.3. The minimum absolute atomic E-state index is 0.00704. The van der Waals surface area contributed by atoms with Crippen LogP contribution in [0.3, 0.4) is 0 Å². The molecule has 0 radical (unpaired) electrons. The average molecular weight is 258 g/mol. The molecule has 3 N–H and O–H groups in total. The summed E-state index contributed by atoms with van der Waals surface area (Å²) in [6, 6.07) is 12.2. The van der Waals surface area contributed by atoms with E-state index >= 15 is 0 Å². The molecule has 1 aliphatic heterocycles. The Bertz CT molecular complexity index is 525. The normalized spacial score (nSPS) is 19.9. The quantitative estimate of drug-likeness (QED) is 0.650. The van der Waals surface area contributed by atoms with Gasteiger partial charge >= 0.3 is 0 Å². The lowest BCUT2D eigenvalue weighted by Crippen LogP contribution is -2.43. The van der Waals surface area contributed by atoms with Gasteiger partial charge in [-0.05, 0) is 29.7 Å². The summed E-state index contributed by atoms with van der Waals surface area (Å²) in [5, 5.41) is 0. The standard InChI is InChI=1S/C15H18N2O2/c16-17-14(10-12-5-3-8-18-12)15-13-6-2-1-4-11(13)7-9-19-15/h1-6,8,14-15,17H,7,9-10,16H2. The summed E-state index contributed by atoms with van der Waals surface area (Å²) in [7, 11) is 0. The molecule has 1 aliphatic rings. The molecular weight excluding hydrogens is 240 g/mol. The van der Waals surface area contributed by atoms with Gasteiger partial charge in [0.05, 0.1) is 25.0 Å². The second kappa shape index (κ2) is 5.57. The molecule has 0 amide bonds. The topological polar surface area (TPSA) is 60.4 Å². The first-order chi connectivity index (χ1) is 9.38. The number of hydrogen-bond acceptors (Lipinski definition) is 4. The minimum atomic E-state index is -0.0277. The molecule has 2 unspecified atom stereocenters. The van der Waals surface area contributed by atoms with Gasteiger partial charge < -0.3 is 9.15 Å². The fourth-order valence-corrected chi connectivity index (χ4v) is 2.66. The summed E-state index contributed by atoms with van der Waals surface area (Å²) in [6.45, 7) is 0.734. The number of nitrogens with one attached hydrogen (secondary N) is 1. The summed E-state index contributed by atoms with van der Waals surface area (Å²) in [5.74, 6) is 6.62. The van der Waals surface area contributed by atoms with Gasteiger partial charge in [0.1, 0.15) is 5.76 Å². The van der Waals surface area contributed by atoms with Crippen molar-refractivity contribution >= 4 is 0 Å². The number of rotatable bonds is 4. The third kappa shape index (κ3) is 2.56. The van der Waals surface area contributed by atoms with Gasteiger partial charge in [-0.1, -0.05) is 24.3 Å². The highest BCUT2D eigenvalue weighted by molar-refractivity contribution is 5.32. The van der Waals surface area contributed by atoms with Crippen molar-refractivity contribution in [3.8, 4) is 0 Å². The van der Waals surface area contributed by atoms with Crippen molar-refractivity contribution in [3.63, 3.8) is 0 Å². The van der Waals surface area contributed by atoms with Gasteiger partial charge in [0.2, 0.25) is 0 Å². The highest BCUT2D eigenvalue weighted by atomic mass is 16.5. The molecule has 1 aromatic heterocycles. The van der Waals surface area contributed by atoms with E-state index < -0.39 is 0 Å². The van der Waals surface area contributed by atoms with Crippen molar-refractivity contribution in [2.24, 2.45) is 5.84 Å². The third-order valence-electron chi connectivity index (χ3n) is 3.61. The van der Waals surface area contributed by atoms with E-state index in [0.717, 1.165) is 18.8 Å². The van der Waals surface area contributed by atoms with Crippen LogP contribution in [0.5, 0.6) is 0 Å². The molecule has 0 spiro atoms. The molecule has 2 aromatic rings. The van der Waals surface area contributed by atoms with Crippen molar-refractivity contribution in [3.05, 3.63) is 59.5 Å². The number of hydrazine groups is 1. The van der Waals surface area contributed by atoms with Crippen LogP contribution in [0.1, 0.15) is 23.0 Å². The van der Waals surface area contributed by atoms with Gasteiger partial charge in [-0.25, -0.2) is 0 Å². The molecule has 0 bridgehead atoms. The predicted octanol–water partition coefficient (Wildman–Crippen LogP) is 1.97. The van der Waals surface area contributed by atoms with Crippen molar-refractivity contribution in [2.75, 3.05) is 6.61 Å². The van der Waals surface area contributed by atoms with E-state index in [1.54, 1.807) is 6.26 Å². The van der Waals surface area contributed by atoms with E-state index in [2.05, 4.69) is 23.6 Å². The zero-order valence-electron chi connectivity index (χ0n) is 10.7. The lowest BCUT2D eigenvalue weighted by molar-refractivity contribution is 0.0142. The Kier molecular flexibility index (Phi) is 3.64. The first-order valence-corrected chi connectivity index (χ1v) is 6.56. The van der Waals surface area contributed by atoms with E-state index in [-0.39, 0.29) is 12.1 Å². The molecule has 3 rings (SSSR count). The second-order valence-electron chi connectivity index (χ2n) is 4.80. The number of hydrogen-bond donors (Lipinski definition) is 2. The maximum Gasteiger partial charge on any atom is 0.105 e. The number of ether oxygens (including phenoxy) is 1. The Balaban J connectivity index is 1.84. The summed E-state index contributed by atoms with van der Waals surface area (Å²) in [6.07, 6.45) is 3.33. The van der Waals surface area contributed by atoms with E-state index in [1.165, 1.54) is 11.1 Å². The summed E-state index contributed by atoms with van der Waals surface area (Å²) >= 11 is 0. The van der Waals surface area contributed by atoms with E-state index in [9.17, 15) is 0 Å². The number of benzene rings is 1. The SMILES string of the molecule is NNC(Cc1ccco1)C1OCCc2ccccc21. The number of nitrogens with two attached hydrogens (primary N) is 1. The van der Waals surface area contributed by atoms with E-state index in [1.807, 2.05) is 18.2 Å². The maximum absolute atomic E-state index is 5.92. The number of furan rings is 1. The van der Waals surface area contributed by atoms with Crippen molar-refractivity contribution < 1.29 is 9.15 Å². The molecule has 100 valence electrons. The molecular formula is C15H18N2O2. The monoisotopic (exact) mass is 258 g/mol. The Morgan fingerprint density at radius 1 is 1.26 bits per heavy atom. The molecule has 2 atom stereocenters. The smallest absolute Gasteiger partial charge is 0.105 e. The lowest BCUT2D eigenvalue weighted by Gasteiger charge is -2.31. The first-order valence-electron chi connectivity index (χ1n) is 6.56. The minimum Gasteiger partial charge on any atom is -0.469 e. The highest BCUT2D eigenvalue weighted by Crippen LogP contribution is 2.30. The van der Waals surface area contributed by atoms with Gasteiger partial charge in [0.25, 0.3) is 0 Å². The maximum atomic E-state index is 5.92. The Hall–Kier alpha value is -1.62. The Morgan fingerprint density at radius 3 is 2.95 bits per heavy atom. The first kappa shape index (κ1) is 12.4. The van der Waals surface area contributed by atoms with Crippen LogP contribution >= 0.6 is 0 Å². The summed E-state index contributed by atoms with van der Waals surface area (Å²) in [5.41, 5.74) is 5.44. The molecule has 0 aliphatic carbocycles. The second-order valence-corrected chi connectivity index (χ2v) is 4.80. The molecule has 0 saturated heterocycles. The molecule has 19 heavy (non-hydrogen) atoms. The average Bonchev–Trinajstić information content (AvgIpc) is 2.97. The van der Waals surface area contributed by atoms with Crippen LogP contribution in [-0.2, 0) is 17.6 Å². The van der Waals surface area contributed by atoms with Crippen LogP contribution in [-0.4, -0.2) is 12.6 Å². The molecule has 1 aromatic carbocycles. The number of fused-ring (bicyclic) bond motifs is 1. The van der Waals surface area contributed by atoms with Gasteiger partial charge in [-0.2, -0.15) is 0 Å². The van der Waals surface area contributed by atoms with Crippen molar-refractivity contribution in [1.82, 2.24) is 5.43 Å². The van der Waals surface area contributed by atoms with Gasteiger partial charge in [0, 0.05) is 6.42 Å². The third-order valence-corrected chi connectivity index (χ3v) is 3.61. The van der Waals surface area contributed by atoms with Crippen LogP contribution in [0.15, 0.2) is 47.1 Å². The zero-order chi connectivity index (χ0) is 13.1. The molecule has 0 fully saturated rings. The van der Waals surface area contributed by atoms with Gasteiger partial charge in [-0.3, -0.25) is 11.3 Å². The highest BCUT2D eigenvalue weighted by Gasteiger charge is 2.28. The lowest BCUT2D eigenvalue weighted by atomic mass is 9.92. The zero-order valence-corrected chi connectivity index (χ0v) is 10.7. The van der Waals surface area contributed by atoms with Crippen LogP contribution in [0.4, 0.5) is 0 Å². The van der Waals surface area contributed by atoms with Crippen molar-refractivity contribution in [1.29, 1.82) is 0 Å². The Labute approximate surface area is 112 Å². The fraction of sp³-hybridized carbons (Fsp3) is 0.333. The van der Waals surface area contributed by atoms with E-state index in [4.69, 9.17) is 15.0 Å². The van der Waals surface area contributed by atoms with Crippen LogP contribution in [0.25, 0.3) is 0 Å². The van der Waals surface area contributed by atoms with Gasteiger partial charge in [-0.15, -0.1) is 0 Å². The molecule has 4 heteroatoms. The predicted molar refractivity (Wildman–Crippen MR) is 72.4 cm³/mol. The fourth-order valence-electron chi connectivity index (χ4n) is 2.66. The van der Waals surface area contributed by atoms with Crippen LogP contribution < -0.4 is 11.3 Å². The van der Waals surface area contributed by atoms with Gasteiger partial charge in [0.15, 0.2) is 0 Å².